The van der Waals surface area contributed by atoms with Crippen molar-refractivity contribution in [1.82, 2.24) is 15.1 Å². The largest absolute Gasteiger partial charge is 0.476 e. The Balaban J connectivity index is 1.97. The number of nitrogens with zero attached hydrogens (tertiary/aromatic N) is 3. The van der Waals surface area contributed by atoms with E-state index in [9.17, 15) is 4.79 Å². The second kappa shape index (κ2) is 4.60. The molecule has 0 bridgehead atoms. The molecular weight excluding hydrogens is 224 g/mol. The number of carboxylic acid groups (broad SMARTS) is 1. The molecule has 2 rings (SSSR count). The van der Waals surface area contributed by atoms with Crippen molar-refractivity contribution in [2.45, 2.75) is 13.5 Å². The quantitative estimate of drug-likeness (QED) is 0.816. The number of carboxylic acids is 1. The Hall–Kier alpha value is -2.44. The van der Waals surface area contributed by atoms with Crippen molar-refractivity contribution in [2.75, 3.05) is 5.32 Å². The molecule has 0 aliphatic carbocycles. The minimum atomic E-state index is -1.10. The van der Waals surface area contributed by atoms with E-state index in [1.165, 1.54) is 12.4 Å². The Morgan fingerprint density at radius 3 is 2.82 bits per heavy atom. The molecule has 2 heterocycles. The van der Waals surface area contributed by atoms with Crippen LogP contribution in [-0.4, -0.2) is 26.2 Å². The Kier molecular flexibility index (Phi) is 2.99. The molecular formula is C10H10N4O3. The Morgan fingerprint density at radius 1 is 1.47 bits per heavy atom. The van der Waals surface area contributed by atoms with E-state index in [4.69, 9.17) is 9.63 Å². The minimum Gasteiger partial charge on any atom is -0.476 e. The van der Waals surface area contributed by atoms with Gasteiger partial charge in [0.25, 0.3) is 0 Å². The predicted octanol–water partition coefficient (Wildman–Crippen LogP) is 1.08. The zero-order valence-corrected chi connectivity index (χ0v) is 9.04. The molecule has 2 N–H and O–H groups in total. The molecule has 0 amide bonds. The molecule has 0 fully saturated rings. The maximum atomic E-state index is 10.5. The van der Waals surface area contributed by atoms with Gasteiger partial charge >= 0.3 is 5.97 Å². The van der Waals surface area contributed by atoms with Gasteiger partial charge in [0.05, 0.1) is 18.9 Å². The van der Waals surface area contributed by atoms with E-state index in [-0.39, 0.29) is 5.69 Å². The molecule has 0 saturated heterocycles. The second-order valence-corrected chi connectivity index (χ2v) is 3.37. The van der Waals surface area contributed by atoms with Gasteiger partial charge in [-0.15, -0.1) is 0 Å². The summed E-state index contributed by atoms with van der Waals surface area (Å²) in [5.74, 6) is 0.112. The molecule has 0 unspecified atom stereocenters. The topological polar surface area (TPSA) is 101 Å². The summed E-state index contributed by atoms with van der Waals surface area (Å²) in [5, 5.41) is 15.4. The van der Waals surface area contributed by atoms with Gasteiger partial charge in [-0.25, -0.2) is 14.8 Å². The van der Waals surface area contributed by atoms with Gasteiger partial charge in [-0.2, -0.15) is 0 Å². The summed E-state index contributed by atoms with van der Waals surface area (Å²) in [6.07, 6.45) is 2.55. The van der Waals surface area contributed by atoms with Gasteiger partial charge in [0.2, 0.25) is 0 Å². The van der Waals surface area contributed by atoms with E-state index in [1.807, 2.05) is 0 Å². The first-order chi connectivity index (χ1) is 8.15. The third-order valence-corrected chi connectivity index (χ3v) is 2.00. The fourth-order valence-electron chi connectivity index (χ4n) is 1.21. The average Bonchev–Trinajstić information content (AvgIpc) is 2.73. The number of aryl methyl sites for hydroxylation is 1. The van der Waals surface area contributed by atoms with Crippen LogP contribution in [0.1, 0.15) is 21.9 Å². The number of anilines is 1. The average molecular weight is 234 g/mol. The zero-order valence-electron chi connectivity index (χ0n) is 9.04. The zero-order chi connectivity index (χ0) is 12.3. The molecule has 7 heteroatoms. The summed E-state index contributed by atoms with van der Waals surface area (Å²) in [7, 11) is 0. The monoisotopic (exact) mass is 234 g/mol. The molecule has 0 saturated carbocycles. The standard InChI is InChI=1S/C10H10N4O3/c1-6-2-7(14-17-6)3-12-9-5-11-8(4-13-9)10(15)16/h2,4-5H,3H2,1H3,(H,12,13)(H,15,16). The van der Waals surface area contributed by atoms with Crippen LogP contribution < -0.4 is 5.32 Å². The summed E-state index contributed by atoms with van der Waals surface area (Å²) in [5.41, 5.74) is 0.652. The maximum Gasteiger partial charge on any atom is 0.356 e. The van der Waals surface area contributed by atoms with E-state index in [0.29, 0.717) is 12.4 Å². The first kappa shape index (κ1) is 11.1. The smallest absolute Gasteiger partial charge is 0.356 e. The first-order valence-electron chi connectivity index (χ1n) is 4.86. The van der Waals surface area contributed by atoms with Crippen LogP contribution in [0.25, 0.3) is 0 Å². The Labute approximate surface area is 96.5 Å². The lowest BCUT2D eigenvalue weighted by molar-refractivity contribution is 0.0690. The first-order valence-corrected chi connectivity index (χ1v) is 4.86. The van der Waals surface area contributed by atoms with Gasteiger partial charge in [-0.3, -0.25) is 0 Å². The van der Waals surface area contributed by atoms with Crippen LogP contribution in [0.2, 0.25) is 0 Å². The fourth-order valence-corrected chi connectivity index (χ4v) is 1.21. The summed E-state index contributed by atoms with van der Waals surface area (Å²) in [6, 6.07) is 1.80. The van der Waals surface area contributed by atoms with E-state index < -0.39 is 5.97 Å². The predicted molar refractivity (Wildman–Crippen MR) is 57.6 cm³/mol. The molecule has 88 valence electrons. The van der Waals surface area contributed by atoms with Crippen molar-refractivity contribution in [3.05, 3.63) is 35.6 Å². The molecule has 0 radical (unpaired) electrons. The molecule has 0 aliphatic heterocycles. The number of carbonyl (C=O) groups is 1. The van der Waals surface area contributed by atoms with Crippen LogP contribution in [0.4, 0.5) is 5.82 Å². The highest BCUT2D eigenvalue weighted by atomic mass is 16.5. The van der Waals surface area contributed by atoms with Crippen molar-refractivity contribution in [1.29, 1.82) is 0 Å². The van der Waals surface area contributed by atoms with Crippen molar-refractivity contribution < 1.29 is 14.4 Å². The third-order valence-electron chi connectivity index (χ3n) is 2.00. The molecule has 2 aromatic heterocycles. The second-order valence-electron chi connectivity index (χ2n) is 3.37. The minimum absolute atomic E-state index is 0.0900. The van der Waals surface area contributed by atoms with Crippen molar-refractivity contribution in [2.24, 2.45) is 0 Å². The molecule has 0 atom stereocenters. The van der Waals surface area contributed by atoms with Gasteiger partial charge in [0, 0.05) is 6.07 Å². The summed E-state index contributed by atoms with van der Waals surface area (Å²) < 4.78 is 4.90. The highest BCUT2D eigenvalue weighted by Crippen LogP contribution is 2.06. The highest BCUT2D eigenvalue weighted by molar-refractivity contribution is 5.84. The van der Waals surface area contributed by atoms with Crippen molar-refractivity contribution in [3.8, 4) is 0 Å². The van der Waals surface area contributed by atoms with Crippen LogP contribution in [0.5, 0.6) is 0 Å². The van der Waals surface area contributed by atoms with Crippen LogP contribution in [0, 0.1) is 6.92 Å². The van der Waals surface area contributed by atoms with E-state index in [0.717, 1.165) is 11.5 Å². The summed E-state index contributed by atoms with van der Waals surface area (Å²) in [4.78, 5) is 18.2. The number of aromatic nitrogens is 3. The lowest BCUT2D eigenvalue weighted by Crippen LogP contribution is -2.05. The number of nitrogens with one attached hydrogen (secondary N) is 1. The third kappa shape index (κ3) is 2.77. The van der Waals surface area contributed by atoms with Gasteiger partial charge in [0.15, 0.2) is 5.69 Å². The lowest BCUT2D eigenvalue weighted by atomic mass is 10.4. The van der Waals surface area contributed by atoms with E-state index in [1.54, 1.807) is 13.0 Å². The highest BCUT2D eigenvalue weighted by Gasteiger charge is 2.05. The fraction of sp³-hybridized carbons (Fsp3) is 0.200. The SMILES string of the molecule is Cc1cc(CNc2cnc(C(=O)O)cn2)no1. The van der Waals surface area contributed by atoms with E-state index >= 15 is 0 Å². The molecule has 2 aromatic rings. The summed E-state index contributed by atoms with van der Waals surface area (Å²) >= 11 is 0. The summed E-state index contributed by atoms with van der Waals surface area (Å²) in [6.45, 7) is 2.25. The molecule has 0 spiro atoms. The molecule has 17 heavy (non-hydrogen) atoms. The van der Waals surface area contributed by atoms with Gasteiger partial charge < -0.3 is 14.9 Å². The van der Waals surface area contributed by atoms with Gasteiger partial charge in [-0.1, -0.05) is 5.16 Å². The van der Waals surface area contributed by atoms with Crippen molar-refractivity contribution in [3.63, 3.8) is 0 Å². The number of rotatable bonds is 4. The molecule has 0 aliphatic rings. The van der Waals surface area contributed by atoms with Crippen LogP contribution in [0.3, 0.4) is 0 Å². The van der Waals surface area contributed by atoms with E-state index in [2.05, 4.69) is 20.4 Å². The molecule has 7 nitrogen and oxygen atoms in total. The number of aromatic carboxylic acids is 1. The Bertz CT molecular complexity index is 521. The van der Waals surface area contributed by atoms with Crippen LogP contribution in [0.15, 0.2) is 23.0 Å². The number of hydrogen-bond acceptors (Lipinski definition) is 6. The molecule has 0 aromatic carbocycles. The lowest BCUT2D eigenvalue weighted by Gasteiger charge is -2.01. The van der Waals surface area contributed by atoms with Crippen LogP contribution >= 0.6 is 0 Å². The van der Waals surface area contributed by atoms with Gasteiger partial charge in [0.1, 0.15) is 17.3 Å². The van der Waals surface area contributed by atoms with Crippen LogP contribution in [-0.2, 0) is 6.54 Å². The normalized spacial score (nSPS) is 10.2. The van der Waals surface area contributed by atoms with Gasteiger partial charge in [-0.05, 0) is 6.92 Å². The maximum absolute atomic E-state index is 10.5. The van der Waals surface area contributed by atoms with Crippen molar-refractivity contribution >= 4 is 11.8 Å². The number of hydrogen-bond donors (Lipinski definition) is 2. The Morgan fingerprint density at radius 2 is 2.29 bits per heavy atom.